The lowest BCUT2D eigenvalue weighted by molar-refractivity contribution is -0.111. The van der Waals surface area contributed by atoms with Crippen LogP contribution >= 0.6 is 23.2 Å². The van der Waals surface area contributed by atoms with E-state index in [9.17, 15) is 4.79 Å². The summed E-state index contributed by atoms with van der Waals surface area (Å²) in [4.78, 5) is 11.9. The molecule has 2 rings (SSSR count). The summed E-state index contributed by atoms with van der Waals surface area (Å²) >= 11 is 11.9. The molecular formula is C16H13Cl2NO. The lowest BCUT2D eigenvalue weighted by atomic mass is 10.2. The van der Waals surface area contributed by atoms with Crippen molar-refractivity contribution >= 4 is 40.9 Å². The molecule has 0 saturated carbocycles. The van der Waals surface area contributed by atoms with E-state index in [1.807, 2.05) is 25.1 Å². The first-order chi connectivity index (χ1) is 9.56. The van der Waals surface area contributed by atoms with Gasteiger partial charge in [0.05, 0.1) is 0 Å². The molecule has 2 aromatic rings. The molecule has 102 valence electrons. The summed E-state index contributed by atoms with van der Waals surface area (Å²) in [7, 11) is 0. The second-order valence-electron chi connectivity index (χ2n) is 4.29. The van der Waals surface area contributed by atoms with Crippen LogP contribution in [0.5, 0.6) is 0 Å². The maximum Gasteiger partial charge on any atom is 0.248 e. The van der Waals surface area contributed by atoms with Crippen molar-refractivity contribution in [3.05, 3.63) is 69.7 Å². The Hall–Kier alpha value is -1.77. The SMILES string of the molecule is Cc1c(Cl)cccc1NC(=O)/C=C/c1cccc(Cl)c1. The number of hydrogen-bond acceptors (Lipinski definition) is 1. The van der Waals surface area contributed by atoms with Crippen molar-refractivity contribution in [2.24, 2.45) is 0 Å². The number of hydrogen-bond donors (Lipinski definition) is 1. The Balaban J connectivity index is 2.08. The van der Waals surface area contributed by atoms with E-state index in [4.69, 9.17) is 23.2 Å². The van der Waals surface area contributed by atoms with Crippen molar-refractivity contribution in [2.75, 3.05) is 5.32 Å². The first kappa shape index (κ1) is 14.6. The highest BCUT2D eigenvalue weighted by molar-refractivity contribution is 6.32. The van der Waals surface area contributed by atoms with E-state index in [0.717, 1.165) is 11.1 Å². The molecule has 0 unspecified atom stereocenters. The number of carbonyl (C=O) groups is 1. The molecule has 0 aliphatic heterocycles. The molecule has 0 saturated heterocycles. The van der Waals surface area contributed by atoms with Gasteiger partial charge in [-0.1, -0.05) is 41.4 Å². The number of amides is 1. The van der Waals surface area contributed by atoms with Crippen LogP contribution in [-0.4, -0.2) is 5.91 Å². The highest BCUT2D eigenvalue weighted by Gasteiger charge is 2.04. The zero-order valence-electron chi connectivity index (χ0n) is 10.9. The van der Waals surface area contributed by atoms with Gasteiger partial charge in [-0.3, -0.25) is 4.79 Å². The summed E-state index contributed by atoms with van der Waals surface area (Å²) in [5.74, 6) is -0.213. The molecule has 4 heteroatoms. The van der Waals surface area contributed by atoms with Crippen LogP contribution in [0.25, 0.3) is 6.08 Å². The highest BCUT2D eigenvalue weighted by Crippen LogP contribution is 2.22. The molecule has 20 heavy (non-hydrogen) atoms. The van der Waals surface area contributed by atoms with Gasteiger partial charge < -0.3 is 5.32 Å². The number of nitrogens with one attached hydrogen (secondary N) is 1. The molecule has 0 heterocycles. The van der Waals surface area contributed by atoms with Gasteiger partial charge in [0.25, 0.3) is 0 Å². The van der Waals surface area contributed by atoms with Crippen LogP contribution in [0.4, 0.5) is 5.69 Å². The standard InChI is InChI=1S/C16H13Cl2NO/c1-11-14(18)6-3-7-15(11)19-16(20)9-8-12-4-2-5-13(17)10-12/h2-10H,1H3,(H,19,20)/b9-8+. The first-order valence-electron chi connectivity index (χ1n) is 6.06. The van der Waals surface area contributed by atoms with Gasteiger partial charge in [-0.2, -0.15) is 0 Å². The fourth-order valence-corrected chi connectivity index (χ4v) is 2.07. The smallest absolute Gasteiger partial charge is 0.248 e. The first-order valence-corrected chi connectivity index (χ1v) is 6.81. The van der Waals surface area contributed by atoms with Crippen molar-refractivity contribution in [2.45, 2.75) is 6.92 Å². The van der Waals surface area contributed by atoms with E-state index in [0.29, 0.717) is 15.7 Å². The van der Waals surface area contributed by atoms with Gasteiger partial charge in [-0.25, -0.2) is 0 Å². The molecule has 0 radical (unpaired) electrons. The van der Waals surface area contributed by atoms with Gasteiger partial charge in [-0.15, -0.1) is 0 Å². The van der Waals surface area contributed by atoms with E-state index >= 15 is 0 Å². The van der Waals surface area contributed by atoms with Crippen LogP contribution in [0, 0.1) is 6.92 Å². The van der Waals surface area contributed by atoms with E-state index in [2.05, 4.69) is 5.32 Å². The Morgan fingerprint density at radius 1 is 1.15 bits per heavy atom. The van der Waals surface area contributed by atoms with Crippen LogP contribution < -0.4 is 5.32 Å². The molecule has 0 atom stereocenters. The van der Waals surface area contributed by atoms with Crippen molar-refractivity contribution in [3.8, 4) is 0 Å². The number of rotatable bonds is 3. The third-order valence-corrected chi connectivity index (χ3v) is 3.45. The minimum Gasteiger partial charge on any atom is -0.322 e. The predicted molar refractivity (Wildman–Crippen MR) is 85.3 cm³/mol. The molecule has 0 aromatic heterocycles. The zero-order valence-corrected chi connectivity index (χ0v) is 12.4. The minimum absolute atomic E-state index is 0.213. The molecular weight excluding hydrogens is 293 g/mol. The average molecular weight is 306 g/mol. The van der Waals surface area contributed by atoms with Gasteiger partial charge >= 0.3 is 0 Å². The van der Waals surface area contributed by atoms with Gasteiger partial charge in [0.2, 0.25) is 5.91 Å². The third-order valence-electron chi connectivity index (χ3n) is 2.80. The molecule has 1 amide bonds. The molecule has 0 fully saturated rings. The zero-order chi connectivity index (χ0) is 14.5. The maximum atomic E-state index is 11.9. The Bertz CT molecular complexity index is 665. The van der Waals surface area contributed by atoms with Crippen molar-refractivity contribution in [1.82, 2.24) is 0 Å². The summed E-state index contributed by atoms with van der Waals surface area (Å²) < 4.78 is 0. The second kappa shape index (κ2) is 6.60. The van der Waals surface area contributed by atoms with Crippen molar-refractivity contribution < 1.29 is 4.79 Å². The summed E-state index contributed by atoms with van der Waals surface area (Å²) in [6.07, 6.45) is 3.17. The normalized spacial score (nSPS) is 10.8. The van der Waals surface area contributed by atoms with E-state index in [1.165, 1.54) is 6.08 Å². The summed E-state index contributed by atoms with van der Waals surface area (Å²) in [6.45, 7) is 1.86. The highest BCUT2D eigenvalue weighted by atomic mass is 35.5. The van der Waals surface area contributed by atoms with Gasteiger partial charge in [0.15, 0.2) is 0 Å². The van der Waals surface area contributed by atoms with Gasteiger partial charge in [0.1, 0.15) is 0 Å². The van der Waals surface area contributed by atoms with Gasteiger partial charge in [0, 0.05) is 21.8 Å². The quantitative estimate of drug-likeness (QED) is 0.798. The number of halogens is 2. The van der Waals surface area contributed by atoms with Gasteiger partial charge in [-0.05, 0) is 48.4 Å². The Kier molecular flexibility index (Phi) is 4.83. The minimum atomic E-state index is -0.213. The molecule has 2 nitrogen and oxygen atoms in total. The van der Waals surface area contributed by atoms with Crippen LogP contribution in [0.1, 0.15) is 11.1 Å². The van der Waals surface area contributed by atoms with Crippen LogP contribution in [0.2, 0.25) is 10.0 Å². The van der Waals surface area contributed by atoms with E-state index in [1.54, 1.807) is 30.3 Å². The maximum absolute atomic E-state index is 11.9. The monoisotopic (exact) mass is 305 g/mol. The van der Waals surface area contributed by atoms with Crippen molar-refractivity contribution in [1.29, 1.82) is 0 Å². The molecule has 0 aliphatic rings. The lowest BCUT2D eigenvalue weighted by Gasteiger charge is -2.07. The third kappa shape index (κ3) is 3.86. The molecule has 0 aliphatic carbocycles. The largest absolute Gasteiger partial charge is 0.322 e. The second-order valence-corrected chi connectivity index (χ2v) is 5.13. The van der Waals surface area contributed by atoms with E-state index < -0.39 is 0 Å². The molecule has 2 aromatic carbocycles. The fourth-order valence-electron chi connectivity index (χ4n) is 1.70. The number of carbonyl (C=O) groups excluding carboxylic acids is 1. The Morgan fingerprint density at radius 3 is 2.65 bits per heavy atom. The summed E-state index contributed by atoms with van der Waals surface area (Å²) in [5, 5.41) is 4.06. The van der Waals surface area contributed by atoms with E-state index in [-0.39, 0.29) is 5.91 Å². The summed E-state index contributed by atoms with van der Waals surface area (Å²) in [5.41, 5.74) is 2.42. The summed E-state index contributed by atoms with van der Waals surface area (Å²) in [6, 6.07) is 12.7. The topological polar surface area (TPSA) is 29.1 Å². The Labute approximate surface area is 128 Å². The molecule has 0 spiro atoms. The fraction of sp³-hybridized carbons (Fsp3) is 0.0625. The lowest BCUT2D eigenvalue weighted by Crippen LogP contribution is -2.08. The average Bonchev–Trinajstić information content (AvgIpc) is 2.42. The molecule has 1 N–H and O–H groups in total. The Morgan fingerprint density at radius 2 is 1.90 bits per heavy atom. The molecule has 0 bridgehead atoms. The van der Waals surface area contributed by atoms with Crippen molar-refractivity contribution in [3.63, 3.8) is 0 Å². The van der Waals surface area contributed by atoms with Crippen LogP contribution in [-0.2, 0) is 4.79 Å². The van der Waals surface area contributed by atoms with Crippen LogP contribution in [0.15, 0.2) is 48.5 Å². The van der Waals surface area contributed by atoms with Crippen LogP contribution in [0.3, 0.4) is 0 Å². The predicted octanol–water partition coefficient (Wildman–Crippen LogP) is 4.95. The number of benzene rings is 2. The number of anilines is 1.